The molecule has 4 nitrogen and oxygen atoms in total. The van der Waals surface area contributed by atoms with Gasteiger partial charge in [0.05, 0.1) is 12.7 Å². The van der Waals surface area contributed by atoms with Gasteiger partial charge < -0.3 is 14.4 Å². The summed E-state index contributed by atoms with van der Waals surface area (Å²) in [4.78, 5) is 13.3. The second-order valence-corrected chi connectivity index (χ2v) is 5.16. The molecule has 5 heteroatoms. The van der Waals surface area contributed by atoms with Gasteiger partial charge in [-0.2, -0.15) is 0 Å². The van der Waals surface area contributed by atoms with Crippen LogP contribution in [0.3, 0.4) is 0 Å². The Bertz CT molecular complexity index is 295. The predicted octanol–water partition coefficient (Wildman–Crippen LogP) is 1.21. The second-order valence-electron chi connectivity index (χ2n) is 5.16. The molecule has 2 saturated heterocycles. The molecule has 0 aromatic carbocycles. The summed E-state index contributed by atoms with van der Waals surface area (Å²) < 4.78 is 11.4. The van der Waals surface area contributed by atoms with Gasteiger partial charge in [-0.15, -0.1) is 0 Å². The Balaban J connectivity index is 0.00000144. The molecule has 0 spiro atoms. The summed E-state index contributed by atoms with van der Waals surface area (Å²) in [6, 6.07) is 0.176. The van der Waals surface area contributed by atoms with Gasteiger partial charge in [0, 0.05) is 39.8 Å². The van der Waals surface area contributed by atoms with Crippen LogP contribution in [-0.4, -0.2) is 42.4 Å². The Kier molecular flexibility index (Phi) is 5.16. The molecule has 0 unspecified atom stereocenters. The number of likely N-dealkylation sites (tertiary alicyclic amines) is 1. The van der Waals surface area contributed by atoms with E-state index in [1.807, 2.05) is 20.9 Å². The van der Waals surface area contributed by atoms with Gasteiger partial charge in [-0.05, 0) is 19.8 Å². The summed E-state index contributed by atoms with van der Waals surface area (Å²) in [5.41, 5.74) is 0. The SMILES string of the molecule is C[C@@H]([C@H]1[CH-]CC(=O)N1C)[C@H]1COC(C)(C)O1.[Y]. The maximum absolute atomic E-state index is 11.5. The topological polar surface area (TPSA) is 38.8 Å². The number of nitrogens with zero attached hydrogens (tertiary/aromatic N) is 1. The summed E-state index contributed by atoms with van der Waals surface area (Å²) in [7, 11) is 1.86. The van der Waals surface area contributed by atoms with Crippen molar-refractivity contribution < 1.29 is 47.0 Å². The van der Waals surface area contributed by atoms with E-state index < -0.39 is 5.79 Å². The van der Waals surface area contributed by atoms with Crippen molar-refractivity contribution in [2.24, 2.45) is 5.92 Å². The number of hydrogen-bond acceptors (Lipinski definition) is 3. The number of carbonyl (C=O) groups excluding carboxylic acids is 1. The molecule has 0 bridgehead atoms. The first-order chi connectivity index (χ1) is 7.41. The monoisotopic (exact) mass is 315 g/mol. The normalized spacial score (nSPS) is 33.6. The van der Waals surface area contributed by atoms with Crippen LogP contribution in [0.25, 0.3) is 0 Å². The number of carbonyl (C=O) groups is 1. The van der Waals surface area contributed by atoms with Crippen LogP contribution in [0, 0.1) is 12.3 Å². The van der Waals surface area contributed by atoms with Gasteiger partial charge in [0.1, 0.15) is 0 Å². The second kappa shape index (κ2) is 5.64. The molecule has 95 valence electrons. The minimum absolute atomic E-state index is 0. The molecule has 0 aromatic rings. The van der Waals surface area contributed by atoms with Crippen molar-refractivity contribution in [2.75, 3.05) is 13.7 Å². The average molecular weight is 315 g/mol. The van der Waals surface area contributed by atoms with Crippen LogP contribution in [0.5, 0.6) is 0 Å². The first-order valence-corrected chi connectivity index (χ1v) is 5.81. The van der Waals surface area contributed by atoms with Gasteiger partial charge >= 0.3 is 0 Å². The molecule has 1 amide bonds. The van der Waals surface area contributed by atoms with Gasteiger partial charge in [0.25, 0.3) is 0 Å². The first-order valence-electron chi connectivity index (χ1n) is 5.81. The fraction of sp³-hybridized carbons (Fsp3) is 0.833. The molecule has 2 aliphatic heterocycles. The van der Waals surface area contributed by atoms with Crippen molar-refractivity contribution in [2.45, 2.75) is 45.1 Å². The smallest absolute Gasteiger partial charge is 0.190 e. The number of rotatable bonds is 2. The van der Waals surface area contributed by atoms with Crippen LogP contribution in [-0.2, 0) is 47.0 Å². The first kappa shape index (κ1) is 15.6. The predicted molar refractivity (Wildman–Crippen MR) is 59.5 cm³/mol. The fourth-order valence-corrected chi connectivity index (χ4v) is 2.45. The summed E-state index contributed by atoms with van der Waals surface area (Å²) in [6.45, 7) is 6.58. The van der Waals surface area contributed by atoms with E-state index in [1.165, 1.54) is 0 Å². The van der Waals surface area contributed by atoms with Crippen molar-refractivity contribution in [1.82, 2.24) is 4.90 Å². The standard InChI is InChI=1S/C12H20NO3.Y/c1-8(9-5-6-11(14)13(9)4)10-7-15-12(2,3)16-10;/h5,8-10H,6-7H2,1-4H3;/q-1;/t8-,9+,10+;/m0./s1. The molecule has 2 heterocycles. The molecule has 1 radical (unpaired) electrons. The zero-order chi connectivity index (χ0) is 11.9. The van der Waals surface area contributed by atoms with Crippen LogP contribution in [0.4, 0.5) is 0 Å². The molecule has 0 aliphatic carbocycles. The van der Waals surface area contributed by atoms with Gasteiger partial charge in [-0.25, -0.2) is 0 Å². The van der Waals surface area contributed by atoms with Crippen molar-refractivity contribution in [1.29, 1.82) is 0 Å². The summed E-state index contributed by atoms with van der Waals surface area (Å²) in [6.07, 6.45) is 2.69. The molecular formula is C12H20NO3Y-. The number of ether oxygens (including phenoxy) is 2. The summed E-state index contributed by atoms with van der Waals surface area (Å²) in [5.74, 6) is -0.0200. The van der Waals surface area contributed by atoms with Gasteiger partial charge in [-0.3, -0.25) is 11.2 Å². The van der Waals surface area contributed by atoms with E-state index >= 15 is 0 Å². The van der Waals surface area contributed by atoms with E-state index in [2.05, 4.69) is 13.3 Å². The third-order valence-corrected chi connectivity index (χ3v) is 3.53. The molecule has 0 saturated carbocycles. The van der Waals surface area contributed by atoms with Crippen LogP contribution >= 0.6 is 0 Å². The minimum Gasteiger partial charge on any atom is -0.374 e. The number of hydrogen-bond donors (Lipinski definition) is 0. The molecule has 2 rings (SSSR count). The number of amides is 1. The maximum atomic E-state index is 11.5. The Labute approximate surface area is 128 Å². The summed E-state index contributed by atoms with van der Waals surface area (Å²) >= 11 is 0. The zero-order valence-electron chi connectivity index (χ0n) is 11.0. The van der Waals surface area contributed by atoms with Crippen LogP contribution in [0.2, 0.25) is 0 Å². The minimum atomic E-state index is -0.486. The van der Waals surface area contributed by atoms with E-state index in [0.29, 0.717) is 13.0 Å². The van der Waals surface area contributed by atoms with Crippen molar-refractivity contribution in [3.63, 3.8) is 0 Å². The van der Waals surface area contributed by atoms with Gasteiger partial charge in [0.15, 0.2) is 11.7 Å². The van der Waals surface area contributed by atoms with E-state index in [0.717, 1.165) is 0 Å². The maximum Gasteiger partial charge on any atom is 0.190 e. The van der Waals surface area contributed by atoms with E-state index in [-0.39, 0.29) is 56.7 Å². The van der Waals surface area contributed by atoms with Crippen LogP contribution < -0.4 is 0 Å². The fourth-order valence-electron chi connectivity index (χ4n) is 2.45. The molecule has 2 fully saturated rings. The van der Waals surface area contributed by atoms with Crippen molar-refractivity contribution >= 4 is 5.91 Å². The Morgan fingerprint density at radius 1 is 1.53 bits per heavy atom. The molecule has 0 N–H and O–H groups in total. The van der Waals surface area contributed by atoms with Crippen LogP contribution in [0.15, 0.2) is 0 Å². The van der Waals surface area contributed by atoms with Crippen molar-refractivity contribution in [3.8, 4) is 0 Å². The van der Waals surface area contributed by atoms with Crippen molar-refractivity contribution in [3.05, 3.63) is 6.42 Å². The zero-order valence-corrected chi connectivity index (χ0v) is 13.8. The quantitative estimate of drug-likeness (QED) is 0.719. The molecular weight excluding hydrogens is 295 g/mol. The van der Waals surface area contributed by atoms with E-state index in [9.17, 15) is 4.79 Å². The average Bonchev–Trinajstić information content (AvgIpc) is 2.71. The van der Waals surface area contributed by atoms with Gasteiger partial charge in [-0.1, -0.05) is 19.4 Å². The Morgan fingerprint density at radius 3 is 2.59 bits per heavy atom. The summed E-state index contributed by atoms with van der Waals surface area (Å²) in [5, 5.41) is 0. The molecule has 2 aliphatic rings. The third kappa shape index (κ3) is 3.28. The van der Waals surface area contributed by atoms with Gasteiger partial charge in [0.2, 0.25) is 0 Å². The molecule has 3 atom stereocenters. The Morgan fingerprint density at radius 2 is 2.18 bits per heavy atom. The molecule has 0 aromatic heterocycles. The Hall–Kier alpha value is 0.494. The molecule has 17 heavy (non-hydrogen) atoms. The van der Waals surface area contributed by atoms with Crippen LogP contribution in [0.1, 0.15) is 27.2 Å². The van der Waals surface area contributed by atoms with E-state index in [4.69, 9.17) is 9.47 Å². The largest absolute Gasteiger partial charge is 0.374 e. The van der Waals surface area contributed by atoms with E-state index in [1.54, 1.807) is 4.90 Å². The third-order valence-electron chi connectivity index (χ3n) is 3.53.